The van der Waals surface area contributed by atoms with Crippen molar-refractivity contribution < 1.29 is 20.1 Å². The van der Waals surface area contributed by atoms with Gasteiger partial charge in [-0.25, -0.2) is 0 Å². The molecule has 0 heterocycles. The number of aliphatic hydroxyl groups is 3. The molecule has 1 rings (SSSR count). The smallest absolute Gasteiger partial charge is 0.225 e. The second kappa shape index (κ2) is 4.04. The average Bonchev–Trinajstić information content (AvgIpc) is 2.13. The van der Waals surface area contributed by atoms with Crippen molar-refractivity contribution in [3.63, 3.8) is 0 Å². The van der Waals surface area contributed by atoms with E-state index in [1.165, 1.54) is 7.05 Å². The fourth-order valence-corrected chi connectivity index (χ4v) is 1.63. The van der Waals surface area contributed by atoms with Gasteiger partial charge in [-0.05, 0) is 12.8 Å². The first-order valence-electron chi connectivity index (χ1n) is 4.33. The van der Waals surface area contributed by atoms with Gasteiger partial charge in [0, 0.05) is 7.05 Å². The van der Waals surface area contributed by atoms with Gasteiger partial charge >= 0.3 is 0 Å². The second-order valence-corrected chi connectivity index (χ2v) is 3.35. The van der Waals surface area contributed by atoms with Crippen LogP contribution in [0.25, 0.3) is 0 Å². The van der Waals surface area contributed by atoms with Crippen molar-refractivity contribution in [3.05, 3.63) is 0 Å². The molecule has 0 saturated heterocycles. The summed E-state index contributed by atoms with van der Waals surface area (Å²) in [6.07, 6.45) is -2.55. The minimum absolute atomic E-state index is 0.293. The third-order valence-electron chi connectivity index (χ3n) is 2.51. The minimum Gasteiger partial charge on any atom is -0.390 e. The summed E-state index contributed by atoms with van der Waals surface area (Å²) in [5.74, 6) is -0.901. The Kier molecular flexibility index (Phi) is 3.24. The quantitative estimate of drug-likeness (QED) is 0.393. The lowest BCUT2D eigenvalue weighted by atomic mass is 9.82. The van der Waals surface area contributed by atoms with Crippen LogP contribution in [0.15, 0.2) is 0 Å². The molecule has 4 atom stereocenters. The minimum atomic E-state index is -1.21. The zero-order valence-corrected chi connectivity index (χ0v) is 7.47. The van der Waals surface area contributed by atoms with Gasteiger partial charge in [-0.3, -0.25) is 4.79 Å². The Balaban J connectivity index is 2.63. The third-order valence-corrected chi connectivity index (χ3v) is 2.51. The van der Waals surface area contributed by atoms with Gasteiger partial charge in [-0.15, -0.1) is 0 Å². The molecule has 1 aliphatic carbocycles. The molecule has 5 heteroatoms. The Hall–Kier alpha value is -0.650. The highest BCUT2D eigenvalue weighted by Gasteiger charge is 2.39. The van der Waals surface area contributed by atoms with Gasteiger partial charge in [0.05, 0.1) is 18.1 Å². The SMILES string of the molecule is CNC(=O)[C@H]1CC[C@@H](O)[C@H](O)[C@@H]1O. The number of hydrogen-bond donors (Lipinski definition) is 4. The Morgan fingerprint density at radius 3 is 2.38 bits per heavy atom. The van der Waals surface area contributed by atoms with Crippen molar-refractivity contribution in [2.45, 2.75) is 31.2 Å². The standard InChI is InChI=1S/C8H15NO4/c1-9-8(13)4-2-3-5(10)7(12)6(4)11/h4-7,10-12H,2-3H2,1H3,(H,9,13)/t4-,5+,6+,7-/m0/s1. The van der Waals surface area contributed by atoms with Gasteiger partial charge in [-0.2, -0.15) is 0 Å². The summed E-state index contributed by atoms with van der Waals surface area (Å²) in [4.78, 5) is 11.2. The second-order valence-electron chi connectivity index (χ2n) is 3.35. The van der Waals surface area contributed by atoms with Gasteiger partial charge in [0.15, 0.2) is 0 Å². The number of rotatable bonds is 1. The molecular formula is C8H15NO4. The van der Waals surface area contributed by atoms with Crippen LogP contribution in [0.1, 0.15) is 12.8 Å². The zero-order chi connectivity index (χ0) is 10.0. The highest BCUT2D eigenvalue weighted by molar-refractivity contribution is 5.79. The Morgan fingerprint density at radius 2 is 1.85 bits per heavy atom. The van der Waals surface area contributed by atoms with Crippen LogP contribution in [0.5, 0.6) is 0 Å². The number of carbonyl (C=O) groups excluding carboxylic acids is 1. The molecule has 1 saturated carbocycles. The first-order valence-corrected chi connectivity index (χ1v) is 4.33. The van der Waals surface area contributed by atoms with Crippen molar-refractivity contribution in [2.24, 2.45) is 5.92 Å². The lowest BCUT2D eigenvalue weighted by Gasteiger charge is -2.33. The molecule has 0 aromatic carbocycles. The van der Waals surface area contributed by atoms with Crippen molar-refractivity contribution in [2.75, 3.05) is 7.05 Å². The highest BCUT2D eigenvalue weighted by Crippen LogP contribution is 2.25. The van der Waals surface area contributed by atoms with Crippen LogP contribution in [-0.2, 0) is 4.79 Å². The van der Waals surface area contributed by atoms with E-state index in [0.717, 1.165) is 0 Å². The molecule has 5 nitrogen and oxygen atoms in total. The summed E-state index contributed by atoms with van der Waals surface area (Å²) < 4.78 is 0. The van der Waals surface area contributed by atoms with E-state index in [-0.39, 0.29) is 5.91 Å². The number of nitrogens with one attached hydrogen (secondary N) is 1. The monoisotopic (exact) mass is 189 g/mol. The highest BCUT2D eigenvalue weighted by atomic mass is 16.4. The van der Waals surface area contributed by atoms with Gasteiger partial charge in [0.1, 0.15) is 6.10 Å². The molecule has 1 fully saturated rings. The van der Waals surface area contributed by atoms with Crippen LogP contribution in [0, 0.1) is 5.92 Å². The fraction of sp³-hybridized carbons (Fsp3) is 0.875. The Labute approximate surface area is 76.4 Å². The summed E-state index contributed by atoms with van der Waals surface area (Å²) in [7, 11) is 1.48. The Morgan fingerprint density at radius 1 is 1.23 bits per heavy atom. The first-order chi connectivity index (χ1) is 6.07. The van der Waals surface area contributed by atoms with Crippen molar-refractivity contribution in [1.82, 2.24) is 5.32 Å². The van der Waals surface area contributed by atoms with E-state index in [2.05, 4.69) is 5.32 Å². The van der Waals surface area contributed by atoms with Crippen LogP contribution >= 0.6 is 0 Å². The zero-order valence-electron chi connectivity index (χ0n) is 7.47. The first kappa shape index (κ1) is 10.4. The van der Waals surface area contributed by atoms with Crippen LogP contribution < -0.4 is 5.32 Å². The van der Waals surface area contributed by atoms with Crippen LogP contribution in [0.2, 0.25) is 0 Å². The lowest BCUT2D eigenvalue weighted by molar-refractivity contribution is -0.144. The molecule has 76 valence electrons. The van der Waals surface area contributed by atoms with E-state index in [9.17, 15) is 20.1 Å². The maximum Gasteiger partial charge on any atom is 0.225 e. The number of amides is 1. The fourth-order valence-electron chi connectivity index (χ4n) is 1.63. The molecule has 0 aliphatic heterocycles. The van der Waals surface area contributed by atoms with Crippen LogP contribution in [-0.4, -0.2) is 46.6 Å². The molecule has 1 amide bonds. The molecule has 0 unspecified atom stereocenters. The molecule has 0 aromatic heterocycles. The van der Waals surface area contributed by atoms with E-state index < -0.39 is 24.2 Å². The summed E-state index contributed by atoms with van der Waals surface area (Å²) in [5.41, 5.74) is 0. The van der Waals surface area contributed by atoms with Crippen LogP contribution in [0.4, 0.5) is 0 Å². The maximum absolute atomic E-state index is 11.2. The number of hydrogen-bond acceptors (Lipinski definition) is 4. The summed E-state index contributed by atoms with van der Waals surface area (Å²) >= 11 is 0. The van der Waals surface area contributed by atoms with Gasteiger partial charge in [-0.1, -0.05) is 0 Å². The van der Waals surface area contributed by atoms with Gasteiger partial charge in [0.25, 0.3) is 0 Å². The molecule has 1 aliphatic rings. The van der Waals surface area contributed by atoms with E-state index in [1.54, 1.807) is 0 Å². The van der Waals surface area contributed by atoms with E-state index in [4.69, 9.17) is 0 Å². The normalized spacial score (nSPS) is 40.0. The summed E-state index contributed by atoms with van der Waals surface area (Å²) in [6.45, 7) is 0. The summed E-state index contributed by atoms with van der Waals surface area (Å²) in [5, 5.41) is 30.3. The van der Waals surface area contributed by atoms with Gasteiger partial charge in [0.2, 0.25) is 5.91 Å². The lowest BCUT2D eigenvalue weighted by Crippen LogP contribution is -2.50. The van der Waals surface area contributed by atoms with Crippen molar-refractivity contribution >= 4 is 5.91 Å². The van der Waals surface area contributed by atoms with E-state index >= 15 is 0 Å². The van der Waals surface area contributed by atoms with Crippen LogP contribution in [0.3, 0.4) is 0 Å². The molecule has 0 bridgehead atoms. The predicted octanol–water partition coefficient (Wildman–Crippen LogP) is -1.77. The third kappa shape index (κ3) is 1.99. The predicted molar refractivity (Wildman–Crippen MR) is 44.8 cm³/mol. The molecule has 0 spiro atoms. The number of aliphatic hydroxyl groups excluding tert-OH is 3. The largest absolute Gasteiger partial charge is 0.390 e. The molecule has 0 aromatic rings. The summed E-state index contributed by atoms with van der Waals surface area (Å²) in [6, 6.07) is 0. The van der Waals surface area contributed by atoms with E-state index in [0.29, 0.717) is 12.8 Å². The van der Waals surface area contributed by atoms with Crippen molar-refractivity contribution in [3.8, 4) is 0 Å². The number of carbonyl (C=O) groups is 1. The Bertz CT molecular complexity index is 197. The average molecular weight is 189 g/mol. The molecular weight excluding hydrogens is 174 g/mol. The molecule has 13 heavy (non-hydrogen) atoms. The molecule has 0 radical (unpaired) electrons. The van der Waals surface area contributed by atoms with Crippen molar-refractivity contribution in [1.29, 1.82) is 0 Å². The maximum atomic E-state index is 11.2. The topological polar surface area (TPSA) is 89.8 Å². The van der Waals surface area contributed by atoms with E-state index in [1.807, 2.05) is 0 Å². The molecule has 4 N–H and O–H groups in total. The van der Waals surface area contributed by atoms with Gasteiger partial charge < -0.3 is 20.6 Å².